The number of ether oxygens (including phenoxy) is 1. The van der Waals surface area contributed by atoms with E-state index in [0.717, 1.165) is 10.8 Å². The van der Waals surface area contributed by atoms with Crippen LogP contribution in [-0.4, -0.2) is 24.9 Å². The van der Waals surface area contributed by atoms with E-state index >= 15 is 0 Å². The maximum atomic E-state index is 13.1. The van der Waals surface area contributed by atoms with Crippen LogP contribution >= 0.6 is 0 Å². The first kappa shape index (κ1) is 18.7. The second-order valence-corrected chi connectivity index (χ2v) is 5.83. The van der Waals surface area contributed by atoms with E-state index in [1.54, 1.807) is 30.3 Å². The lowest BCUT2D eigenvalue weighted by Crippen LogP contribution is -2.33. The van der Waals surface area contributed by atoms with Crippen LogP contribution in [0.15, 0.2) is 66.7 Å². The summed E-state index contributed by atoms with van der Waals surface area (Å²) in [6.45, 7) is -1.49. The first-order valence-electron chi connectivity index (χ1n) is 8.05. The van der Waals surface area contributed by atoms with Crippen molar-refractivity contribution in [3.05, 3.63) is 72.3 Å². The molecule has 3 aromatic carbocycles. The maximum absolute atomic E-state index is 13.1. The summed E-state index contributed by atoms with van der Waals surface area (Å²) in [5.74, 6) is -4.87. The highest BCUT2D eigenvalue weighted by molar-refractivity contribution is 6.13. The number of amides is 1. The summed E-state index contributed by atoms with van der Waals surface area (Å²) in [4.78, 5) is 12.7. The van der Waals surface area contributed by atoms with Gasteiger partial charge >= 0.3 is 12.3 Å². The van der Waals surface area contributed by atoms with Gasteiger partial charge in [0.15, 0.2) is 6.61 Å². The van der Waals surface area contributed by atoms with Crippen molar-refractivity contribution in [2.24, 2.45) is 0 Å². The van der Waals surface area contributed by atoms with Gasteiger partial charge in [0, 0.05) is 5.56 Å². The van der Waals surface area contributed by atoms with Crippen molar-refractivity contribution >= 4 is 22.4 Å². The van der Waals surface area contributed by atoms with Crippen molar-refractivity contribution in [3.63, 3.8) is 0 Å². The number of hydrogen-bond acceptors (Lipinski definition) is 2. The molecule has 27 heavy (non-hydrogen) atoms. The van der Waals surface area contributed by atoms with Crippen molar-refractivity contribution < 1.29 is 27.1 Å². The van der Waals surface area contributed by atoms with Crippen molar-refractivity contribution in [1.82, 2.24) is 0 Å². The van der Waals surface area contributed by atoms with Crippen LogP contribution in [0.25, 0.3) is 10.8 Å². The summed E-state index contributed by atoms with van der Waals surface area (Å²) < 4.78 is 55.6. The molecule has 0 fully saturated rings. The van der Waals surface area contributed by atoms with Crippen molar-refractivity contribution in [3.8, 4) is 5.75 Å². The Morgan fingerprint density at radius 1 is 0.963 bits per heavy atom. The van der Waals surface area contributed by atoms with E-state index in [9.17, 15) is 22.4 Å². The van der Waals surface area contributed by atoms with Crippen LogP contribution in [0.3, 0.4) is 0 Å². The van der Waals surface area contributed by atoms with Crippen molar-refractivity contribution in [2.45, 2.75) is 12.3 Å². The lowest BCUT2D eigenvalue weighted by Gasteiger charge is -2.18. The molecular formula is C20H15F4NO2. The van der Waals surface area contributed by atoms with Gasteiger partial charge in [-0.05, 0) is 29.0 Å². The number of para-hydroxylation sites is 2. The molecule has 0 aliphatic rings. The predicted molar refractivity (Wildman–Crippen MR) is 94.8 cm³/mol. The molecule has 0 aliphatic heterocycles. The largest absolute Gasteiger partial charge is 0.485 e. The van der Waals surface area contributed by atoms with E-state index in [1.807, 2.05) is 18.2 Å². The Hall–Kier alpha value is -3.09. The standard InChI is InChI=1S/C20H15F4NO2/c21-19(22)20(23,24)12-27-17-11-4-3-10-16(17)25-18(26)15-9-5-7-13-6-1-2-8-14(13)15/h1-11,19H,12H2,(H,25,26). The molecule has 1 amide bonds. The number of nitrogens with one attached hydrogen (secondary N) is 1. The van der Waals surface area contributed by atoms with Gasteiger partial charge in [-0.25, -0.2) is 8.78 Å². The third-order valence-electron chi connectivity index (χ3n) is 3.91. The molecule has 1 N–H and O–H groups in total. The topological polar surface area (TPSA) is 38.3 Å². The Labute approximate surface area is 152 Å². The summed E-state index contributed by atoms with van der Waals surface area (Å²) in [5, 5.41) is 4.18. The lowest BCUT2D eigenvalue weighted by atomic mass is 10.0. The second kappa shape index (κ2) is 7.65. The first-order chi connectivity index (χ1) is 12.9. The van der Waals surface area contributed by atoms with Gasteiger partial charge in [-0.15, -0.1) is 0 Å². The monoisotopic (exact) mass is 377 g/mol. The van der Waals surface area contributed by atoms with E-state index in [4.69, 9.17) is 4.74 Å². The van der Waals surface area contributed by atoms with Gasteiger partial charge in [-0.2, -0.15) is 8.78 Å². The number of carbonyl (C=O) groups is 1. The third kappa shape index (κ3) is 4.19. The Morgan fingerprint density at radius 3 is 2.41 bits per heavy atom. The molecule has 3 nitrogen and oxygen atoms in total. The van der Waals surface area contributed by atoms with Crippen LogP contribution in [0.1, 0.15) is 10.4 Å². The molecule has 0 radical (unpaired) electrons. The number of benzene rings is 3. The van der Waals surface area contributed by atoms with E-state index in [-0.39, 0.29) is 11.4 Å². The summed E-state index contributed by atoms with van der Waals surface area (Å²) >= 11 is 0. The smallest absolute Gasteiger partial charge is 0.340 e. The van der Waals surface area contributed by atoms with E-state index in [1.165, 1.54) is 18.2 Å². The highest BCUT2D eigenvalue weighted by Crippen LogP contribution is 2.29. The average molecular weight is 377 g/mol. The Kier molecular flexibility index (Phi) is 5.30. The number of carbonyl (C=O) groups excluding carboxylic acids is 1. The minimum atomic E-state index is -4.28. The lowest BCUT2D eigenvalue weighted by molar-refractivity contribution is -0.148. The summed E-state index contributed by atoms with van der Waals surface area (Å²) in [6, 6.07) is 18.3. The number of anilines is 1. The van der Waals surface area contributed by atoms with Crippen LogP contribution in [0.2, 0.25) is 0 Å². The molecule has 0 saturated carbocycles. The predicted octanol–water partition coefficient (Wildman–Crippen LogP) is 5.37. The fourth-order valence-electron chi connectivity index (χ4n) is 2.55. The minimum Gasteiger partial charge on any atom is -0.485 e. The van der Waals surface area contributed by atoms with Gasteiger partial charge in [0.1, 0.15) is 5.75 Å². The van der Waals surface area contributed by atoms with Gasteiger partial charge in [0.05, 0.1) is 5.69 Å². The zero-order valence-electron chi connectivity index (χ0n) is 14.0. The molecule has 0 heterocycles. The SMILES string of the molecule is O=C(Nc1ccccc1OCC(F)(F)C(F)F)c1cccc2ccccc12. The molecule has 0 atom stereocenters. The summed E-state index contributed by atoms with van der Waals surface area (Å²) in [7, 11) is 0. The molecule has 3 aromatic rings. The normalized spacial score (nSPS) is 11.6. The van der Waals surface area contributed by atoms with Gasteiger partial charge in [0.25, 0.3) is 5.91 Å². The zero-order valence-corrected chi connectivity index (χ0v) is 14.0. The van der Waals surface area contributed by atoms with Gasteiger partial charge in [0.2, 0.25) is 0 Å². The Balaban J connectivity index is 1.82. The highest BCUT2D eigenvalue weighted by Gasteiger charge is 2.41. The van der Waals surface area contributed by atoms with E-state index in [2.05, 4.69) is 5.32 Å². The Bertz CT molecular complexity index is 954. The minimum absolute atomic E-state index is 0.112. The number of rotatable bonds is 6. The number of alkyl halides is 4. The molecule has 140 valence electrons. The molecular weight excluding hydrogens is 362 g/mol. The zero-order chi connectivity index (χ0) is 19.4. The van der Waals surface area contributed by atoms with Crippen LogP contribution in [0.4, 0.5) is 23.2 Å². The summed E-state index contributed by atoms with van der Waals surface area (Å²) in [6.07, 6.45) is -3.84. The average Bonchev–Trinajstić information content (AvgIpc) is 2.66. The molecule has 0 bridgehead atoms. The van der Waals surface area contributed by atoms with Crippen LogP contribution in [0, 0.1) is 0 Å². The van der Waals surface area contributed by atoms with Crippen LogP contribution in [-0.2, 0) is 0 Å². The van der Waals surface area contributed by atoms with Crippen molar-refractivity contribution in [1.29, 1.82) is 0 Å². The number of fused-ring (bicyclic) bond motifs is 1. The molecule has 0 aromatic heterocycles. The fraction of sp³-hybridized carbons (Fsp3) is 0.150. The van der Waals surface area contributed by atoms with Crippen LogP contribution in [0.5, 0.6) is 5.75 Å². The van der Waals surface area contributed by atoms with Crippen molar-refractivity contribution in [2.75, 3.05) is 11.9 Å². The fourth-order valence-corrected chi connectivity index (χ4v) is 2.55. The van der Waals surface area contributed by atoms with Gasteiger partial charge in [-0.1, -0.05) is 48.5 Å². The van der Waals surface area contributed by atoms with E-state index in [0.29, 0.717) is 5.56 Å². The molecule has 0 unspecified atom stereocenters. The quantitative estimate of drug-likeness (QED) is 0.587. The molecule has 3 rings (SSSR count). The molecule has 0 saturated heterocycles. The highest BCUT2D eigenvalue weighted by atomic mass is 19.3. The number of halogens is 4. The molecule has 0 aliphatic carbocycles. The molecule has 7 heteroatoms. The summed E-state index contributed by atoms with van der Waals surface area (Å²) in [5.41, 5.74) is 0.501. The van der Waals surface area contributed by atoms with Gasteiger partial charge < -0.3 is 10.1 Å². The molecule has 0 spiro atoms. The second-order valence-electron chi connectivity index (χ2n) is 5.83. The third-order valence-corrected chi connectivity index (χ3v) is 3.91. The van der Waals surface area contributed by atoms with E-state index < -0.39 is 24.9 Å². The van der Waals surface area contributed by atoms with Crippen LogP contribution < -0.4 is 10.1 Å². The van der Waals surface area contributed by atoms with Gasteiger partial charge in [-0.3, -0.25) is 4.79 Å². The maximum Gasteiger partial charge on any atom is 0.340 e. The first-order valence-corrected chi connectivity index (χ1v) is 8.05. The Morgan fingerprint density at radius 2 is 1.63 bits per heavy atom. The number of hydrogen-bond donors (Lipinski definition) is 1.